The van der Waals surface area contributed by atoms with Crippen LogP contribution in [0.5, 0.6) is 0 Å². The number of carbonyl (C=O) groups excluding carboxylic acids is 1. The van der Waals surface area contributed by atoms with Crippen molar-refractivity contribution in [1.82, 2.24) is 19.5 Å². The number of anilines is 2. The number of rotatable bonds is 3. The van der Waals surface area contributed by atoms with Gasteiger partial charge in [-0.1, -0.05) is 6.92 Å². The van der Waals surface area contributed by atoms with E-state index in [1.54, 1.807) is 28.9 Å². The topological polar surface area (TPSA) is 67.2 Å². The van der Waals surface area contributed by atoms with Crippen molar-refractivity contribution in [3.63, 3.8) is 0 Å². The van der Waals surface area contributed by atoms with Crippen molar-refractivity contribution >= 4 is 17.4 Å². The third kappa shape index (κ3) is 2.90. The molecule has 0 saturated carbocycles. The predicted molar refractivity (Wildman–Crippen MR) is 112 cm³/mol. The Labute approximate surface area is 178 Å². The molecule has 1 atom stereocenters. The Morgan fingerprint density at radius 3 is 2.65 bits per heavy atom. The van der Waals surface area contributed by atoms with Gasteiger partial charge >= 0.3 is 0 Å². The molecule has 1 fully saturated rings. The lowest BCUT2D eigenvalue weighted by Crippen LogP contribution is -2.64. The molecule has 3 aromatic rings. The van der Waals surface area contributed by atoms with Gasteiger partial charge in [-0.2, -0.15) is 4.98 Å². The van der Waals surface area contributed by atoms with Crippen LogP contribution in [0.1, 0.15) is 32.6 Å². The summed E-state index contributed by atoms with van der Waals surface area (Å²) in [4.78, 5) is 30.5. The van der Waals surface area contributed by atoms with Gasteiger partial charge < -0.3 is 9.80 Å². The van der Waals surface area contributed by atoms with Crippen LogP contribution in [-0.2, 0) is 4.79 Å². The van der Waals surface area contributed by atoms with E-state index in [0.717, 1.165) is 31.9 Å². The van der Waals surface area contributed by atoms with Crippen LogP contribution in [-0.4, -0.2) is 44.6 Å². The Morgan fingerprint density at radius 1 is 1.13 bits per heavy atom. The fraction of sp³-hybridized carbons (Fsp3) is 0.364. The molecule has 1 aromatic carbocycles. The molecule has 0 aliphatic carbocycles. The summed E-state index contributed by atoms with van der Waals surface area (Å²) in [5, 5.41) is 0. The zero-order valence-corrected chi connectivity index (χ0v) is 17.3. The molecule has 1 saturated heterocycles. The number of aromatic nitrogens is 4. The molecule has 9 heteroatoms. The highest BCUT2D eigenvalue weighted by atomic mass is 19.1. The number of imidazole rings is 1. The molecule has 7 nitrogen and oxygen atoms in total. The van der Waals surface area contributed by atoms with Crippen LogP contribution < -0.4 is 9.80 Å². The number of amides is 1. The van der Waals surface area contributed by atoms with Crippen molar-refractivity contribution in [3.05, 3.63) is 48.4 Å². The van der Waals surface area contributed by atoms with Gasteiger partial charge in [0.25, 0.3) is 5.91 Å². The Bertz CT molecular complexity index is 1160. The Balaban J connectivity index is 1.64. The number of hydrogen-bond acceptors (Lipinski definition) is 5. The average Bonchev–Trinajstić information content (AvgIpc) is 3.26. The molecule has 0 unspecified atom stereocenters. The number of nitrogens with zero attached hydrogens (tertiary/aromatic N) is 6. The second kappa shape index (κ2) is 7.11. The molecule has 5 rings (SSSR count). The van der Waals surface area contributed by atoms with Gasteiger partial charge in [-0.25, -0.2) is 18.7 Å². The lowest BCUT2D eigenvalue weighted by Gasteiger charge is -2.51. The predicted octanol–water partition coefficient (Wildman–Crippen LogP) is 3.72. The van der Waals surface area contributed by atoms with Crippen LogP contribution in [0.15, 0.2) is 36.8 Å². The van der Waals surface area contributed by atoms with E-state index in [-0.39, 0.29) is 11.5 Å². The molecule has 0 N–H and O–H groups in total. The molecule has 4 heterocycles. The SMILES string of the molecule is CC[C@@]12CCCCN1c1nc(-n3ccnc3-c3cc(F)cc(F)c3)ncc1N(C)C2=O. The number of carbonyl (C=O) groups is 1. The zero-order valence-electron chi connectivity index (χ0n) is 17.3. The smallest absolute Gasteiger partial charge is 0.252 e. The number of hydrogen-bond donors (Lipinski definition) is 0. The van der Waals surface area contributed by atoms with Crippen molar-refractivity contribution in [2.24, 2.45) is 0 Å². The Kier molecular flexibility index (Phi) is 4.49. The van der Waals surface area contributed by atoms with Crippen LogP contribution in [0.3, 0.4) is 0 Å². The number of piperidine rings is 1. The van der Waals surface area contributed by atoms with E-state index >= 15 is 0 Å². The summed E-state index contributed by atoms with van der Waals surface area (Å²) < 4.78 is 29.1. The highest BCUT2D eigenvalue weighted by molar-refractivity contribution is 6.07. The monoisotopic (exact) mass is 424 g/mol. The summed E-state index contributed by atoms with van der Waals surface area (Å²) in [5.41, 5.74) is 0.338. The molecule has 160 valence electrons. The minimum atomic E-state index is -0.683. The number of benzene rings is 1. The normalized spacial score (nSPS) is 20.6. The van der Waals surface area contributed by atoms with E-state index in [1.807, 2.05) is 6.92 Å². The molecule has 2 aliphatic rings. The summed E-state index contributed by atoms with van der Waals surface area (Å²) in [7, 11) is 1.76. The van der Waals surface area contributed by atoms with Gasteiger partial charge in [0.1, 0.15) is 28.7 Å². The van der Waals surface area contributed by atoms with Crippen molar-refractivity contribution in [2.45, 2.75) is 38.1 Å². The molecule has 2 aromatic heterocycles. The Hall–Kier alpha value is -3.36. The molecule has 31 heavy (non-hydrogen) atoms. The van der Waals surface area contributed by atoms with Crippen molar-refractivity contribution in [2.75, 3.05) is 23.4 Å². The van der Waals surface area contributed by atoms with Crippen LogP contribution >= 0.6 is 0 Å². The highest BCUT2D eigenvalue weighted by Gasteiger charge is 2.51. The van der Waals surface area contributed by atoms with Gasteiger partial charge in [0.15, 0.2) is 5.82 Å². The maximum absolute atomic E-state index is 13.8. The highest BCUT2D eigenvalue weighted by Crippen LogP contribution is 2.44. The summed E-state index contributed by atoms with van der Waals surface area (Å²) >= 11 is 0. The first kappa shape index (κ1) is 19.6. The quantitative estimate of drug-likeness (QED) is 0.641. The molecule has 0 spiro atoms. The van der Waals surface area contributed by atoms with Gasteiger partial charge in [-0.05, 0) is 37.8 Å². The van der Waals surface area contributed by atoms with E-state index in [4.69, 9.17) is 4.98 Å². The van der Waals surface area contributed by atoms with Crippen LogP contribution in [0.25, 0.3) is 17.3 Å². The van der Waals surface area contributed by atoms with Crippen molar-refractivity contribution < 1.29 is 13.6 Å². The fourth-order valence-electron chi connectivity index (χ4n) is 4.78. The zero-order chi connectivity index (χ0) is 21.8. The first-order valence-electron chi connectivity index (χ1n) is 10.4. The minimum Gasteiger partial charge on any atom is -0.340 e. The third-order valence-corrected chi connectivity index (χ3v) is 6.36. The lowest BCUT2D eigenvalue weighted by atomic mass is 9.81. The summed E-state index contributed by atoms with van der Waals surface area (Å²) in [6.45, 7) is 2.77. The van der Waals surface area contributed by atoms with Crippen molar-refractivity contribution in [1.29, 1.82) is 0 Å². The molecule has 1 amide bonds. The maximum Gasteiger partial charge on any atom is 0.252 e. The summed E-state index contributed by atoms with van der Waals surface area (Å²) in [5.74, 6) is 0.0539. The summed E-state index contributed by atoms with van der Waals surface area (Å²) in [6.07, 6.45) is 8.26. The van der Waals surface area contributed by atoms with Crippen LogP contribution in [0.2, 0.25) is 0 Å². The van der Waals surface area contributed by atoms with Crippen molar-refractivity contribution in [3.8, 4) is 17.3 Å². The Morgan fingerprint density at radius 2 is 1.90 bits per heavy atom. The van der Waals surface area contributed by atoms with Gasteiger partial charge in [-0.3, -0.25) is 9.36 Å². The van der Waals surface area contributed by atoms with Gasteiger partial charge in [-0.15, -0.1) is 0 Å². The fourth-order valence-corrected chi connectivity index (χ4v) is 4.78. The maximum atomic E-state index is 13.8. The molecular weight excluding hydrogens is 402 g/mol. The largest absolute Gasteiger partial charge is 0.340 e. The molecular formula is C22H22F2N6O. The van der Waals surface area contributed by atoms with E-state index in [1.165, 1.54) is 18.3 Å². The second-order valence-corrected chi connectivity index (χ2v) is 8.02. The van der Waals surface area contributed by atoms with E-state index < -0.39 is 17.2 Å². The first-order chi connectivity index (χ1) is 14.9. The molecule has 0 radical (unpaired) electrons. The standard InChI is InChI=1S/C22H22F2N6O/c1-3-22-6-4-5-8-30(22)19-17(28(2)20(22)31)13-26-21(27-19)29-9-7-25-18(29)14-10-15(23)12-16(24)11-14/h7,9-13H,3-6,8H2,1-2H3/t22-/m0/s1. The second-order valence-electron chi connectivity index (χ2n) is 8.02. The average molecular weight is 424 g/mol. The third-order valence-electron chi connectivity index (χ3n) is 6.36. The van der Waals surface area contributed by atoms with E-state index in [0.29, 0.717) is 29.7 Å². The number of fused-ring (bicyclic) bond motifs is 3. The first-order valence-corrected chi connectivity index (χ1v) is 10.4. The van der Waals surface area contributed by atoms with Crippen LogP contribution in [0.4, 0.5) is 20.3 Å². The minimum absolute atomic E-state index is 0.0668. The number of likely N-dealkylation sites (N-methyl/N-ethyl adjacent to an activating group) is 1. The summed E-state index contributed by atoms with van der Waals surface area (Å²) in [6, 6.07) is 3.26. The van der Waals surface area contributed by atoms with Crippen LogP contribution in [0, 0.1) is 11.6 Å². The van der Waals surface area contributed by atoms with Gasteiger partial charge in [0, 0.05) is 37.6 Å². The van der Waals surface area contributed by atoms with E-state index in [9.17, 15) is 13.6 Å². The van der Waals surface area contributed by atoms with Gasteiger partial charge in [0.05, 0.1) is 6.20 Å². The van der Waals surface area contributed by atoms with E-state index in [2.05, 4.69) is 14.9 Å². The molecule has 2 aliphatic heterocycles. The van der Waals surface area contributed by atoms with Gasteiger partial charge in [0.2, 0.25) is 5.95 Å². The number of halogens is 2. The molecule has 0 bridgehead atoms. The lowest BCUT2D eigenvalue weighted by molar-refractivity contribution is -0.124.